The first-order chi connectivity index (χ1) is 10.2. The summed E-state index contributed by atoms with van der Waals surface area (Å²) < 4.78 is 5.37. The van der Waals surface area contributed by atoms with Crippen molar-refractivity contribution in [3.63, 3.8) is 0 Å². The highest BCUT2D eigenvalue weighted by Crippen LogP contribution is 2.22. The number of benzene rings is 1. The van der Waals surface area contributed by atoms with E-state index in [-0.39, 0.29) is 0 Å². The molecule has 1 aliphatic rings. The van der Waals surface area contributed by atoms with Gasteiger partial charge in [0.15, 0.2) is 0 Å². The van der Waals surface area contributed by atoms with Crippen LogP contribution in [0.15, 0.2) is 30.3 Å². The average Bonchev–Trinajstić information content (AvgIpc) is 2.48. The Labute approximate surface area is 128 Å². The lowest BCUT2D eigenvalue weighted by Crippen LogP contribution is -2.36. The average molecular weight is 305 g/mol. The molecule has 0 saturated carbocycles. The number of hydrogen-bond acceptors (Lipinski definition) is 5. The van der Waals surface area contributed by atoms with Gasteiger partial charge in [-0.05, 0) is 31.2 Å². The summed E-state index contributed by atoms with van der Waals surface area (Å²) in [6.45, 7) is 5.27. The zero-order chi connectivity index (χ0) is 14.7. The summed E-state index contributed by atoms with van der Waals surface area (Å²) in [6.07, 6.45) is 0. The quantitative estimate of drug-likeness (QED) is 0.883. The van der Waals surface area contributed by atoms with Crippen LogP contribution in [0.3, 0.4) is 0 Å². The minimum absolute atomic E-state index is 0.440. The standard InChI is InChI=1S/C15H17ClN4O/c1-11-17-14(16)10-15(18-11)19-12-2-4-13(5-3-12)20-6-8-21-9-7-20/h2-5,10H,6-9H2,1H3,(H,17,18,19). The second-order valence-corrected chi connectivity index (χ2v) is 5.28. The lowest BCUT2D eigenvalue weighted by Gasteiger charge is -2.28. The van der Waals surface area contributed by atoms with Gasteiger partial charge in [0.25, 0.3) is 0 Å². The highest BCUT2D eigenvalue weighted by Gasteiger charge is 2.10. The molecule has 0 aliphatic carbocycles. The number of anilines is 3. The molecule has 1 fully saturated rings. The van der Waals surface area contributed by atoms with Gasteiger partial charge in [0.2, 0.25) is 0 Å². The largest absolute Gasteiger partial charge is 0.378 e. The molecule has 1 N–H and O–H groups in total. The van der Waals surface area contributed by atoms with Gasteiger partial charge in [-0.3, -0.25) is 0 Å². The fourth-order valence-corrected chi connectivity index (χ4v) is 2.55. The number of nitrogens with one attached hydrogen (secondary N) is 1. The number of aryl methyl sites for hydroxylation is 1. The van der Waals surface area contributed by atoms with E-state index in [4.69, 9.17) is 16.3 Å². The molecular formula is C15H17ClN4O. The van der Waals surface area contributed by atoms with E-state index >= 15 is 0 Å². The number of aromatic nitrogens is 2. The molecule has 0 unspecified atom stereocenters. The molecule has 0 amide bonds. The molecule has 1 aliphatic heterocycles. The van der Waals surface area contributed by atoms with Crippen LogP contribution in [-0.4, -0.2) is 36.3 Å². The second-order valence-electron chi connectivity index (χ2n) is 4.89. The third-order valence-corrected chi connectivity index (χ3v) is 3.52. The van der Waals surface area contributed by atoms with Crippen molar-refractivity contribution in [3.8, 4) is 0 Å². The van der Waals surface area contributed by atoms with Gasteiger partial charge in [-0.25, -0.2) is 9.97 Å². The minimum atomic E-state index is 0.440. The van der Waals surface area contributed by atoms with Gasteiger partial charge < -0.3 is 15.0 Å². The van der Waals surface area contributed by atoms with E-state index in [9.17, 15) is 0 Å². The van der Waals surface area contributed by atoms with Crippen LogP contribution >= 0.6 is 11.6 Å². The molecule has 5 nitrogen and oxygen atoms in total. The molecule has 0 radical (unpaired) electrons. The van der Waals surface area contributed by atoms with Crippen molar-refractivity contribution in [3.05, 3.63) is 41.3 Å². The predicted octanol–water partition coefficient (Wildman–Crippen LogP) is 3.02. The van der Waals surface area contributed by atoms with Crippen LogP contribution in [0.2, 0.25) is 5.15 Å². The number of halogens is 1. The van der Waals surface area contributed by atoms with Crippen LogP contribution in [0.25, 0.3) is 0 Å². The van der Waals surface area contributed by atoms with E-state index in [2.05, 4.69) is 32.3 Å². The highest BCUT2D eigenvalue weighted by molar-refractivity contribution is 6.29. The van der Waals surface area contributed by atoms with E-state index in [1.54, 1.807) is 6.07 Å². The summed E-state index contributed by atoms with van der Waals surface area (Å²) in [5.74, 6) is 1.35. The van der Waals surface area contributed by atoms with E-state index in [1.165, 1.54) is 5.69 Å². The van der Waals surface area contributed by atoms with Crippen molar-refractivity contribution in [2.75, 3.05) is 36.5 Å². The summed E-state index contributed by atoms with van der Waals surface area (Å²) in [4.78, 5) is 10.7. The number of rotatable bonds is 3. The summed E-state index contributed by atoms with van der Waals surface area (Å²) in [6, 6.07) is 9.99. The fraction of sp³-hybridized carbons (Fsp3) is 0.333. The maximum atomic E-state index is 5.93. The van der Waals surface area contributed by atoms with Gasteiger partial charge in [0, 0.05) is 30.5 Å². The first-order valence-electron chi connectivity index (χ1n) is 6.92. The predicted molar refractivity (Wildman–Crippen MR) is 84.5 cm³/mol. The molecule has 0 bridgehead atoms. The Balaban J connectivity index is 1.71. The Kier molecular flexibility index (Phi) is 4.22. The molecule has 6 heteroatoms. The molecule has 3 rings (SSSR count). The third-order valence-electron chi connectivity index (χ3n) is 3.32. The smallest absolute Gasteiger partial charge is 0.135 e. The van der Waals surface area contributed by atoms with Crippen LogP contribution in [0.4, 0.5) is 17.2 Å². The van der Waals surface area contributed by atoms with Crippen molar-refractivity contribution >= 4 is 28.8 Å². The molecule has 1 aromatic heterocycles. The molecule has 0 spiro atoms. The fourth-order valence-electron chi connectivity index (χ4n) is 2.32. The lowest BCUT2D eigenvalue weighted by molar-refractivity contribution is 0.122. The SMILES string of the molecule is Cc1nc(Cl)cc(Nc2ccc(N3CCOCC3)cc2)n1. The third kappa shape index (κ3) is 3.62. The molecule has 110 valence electrons. The van der Waals surface area contributed by atoms with Crippen molar-refractivity contribution < 1.29 is 4.74 Å². The zero-order valence-electron chi connectivity index (χ0n) is 11.8. The molecule has 0 atom stereocenters. The van der Waals surface area contributed by atoms with Gasteiger partial charge in [0.1, 0.15) is 16.8 Å². The summed E-state index contributed by atoms with van der Waals surface area (Å²) in [5.41, 5.74) is 2.18. The first-order valence-corrected chi connectivity index (χ1v) is 7.29. The van der Waals surface area contributed by atoms with Crippen LogP contribution in [0.5, 0.6) is 0 Å². The second kappa shape index (κ2) is 6.28. The van der Waals surface area contributed by atoms with Crippen LogP contribution < -0.4 is 10.2 Å². The Hall–Kier alpha value is -1.85. The Bertz CT molecular complexity index is 591. The van der Waals surface area contributed by atoms with Gasteiger partial charge in [0.05, 0.1) is 13.2 Å². The minimum Gasteiger partial charge on any atom is -0.378 e. The number of morpholine rings is 1. The van der Waals surface area contributed by atoms with Crippen molar-refractivity contribution in [1.82, 2.24) is 9.97 Å². The Morgan fingerprint density at radius 3 is 2.52 bits per heavy atom. The summed E-state index contributed by atoms with van der Waals surface area (Å²) >= 11 is 5.93. The van der Waals surface area contributed by atoms with Gasteiger partial charge in [-0.15, -0.1) is 0 Å². The molecular weight excluding hydrogens is 288 g/mol. The van der Waals surface area contributed by atoms with Gasteiger partial charge >= 0.3 is 0 Å². The molecule has 1 aromatic carbocycles. The maximum absolute atomic E-state index is 5.93. The number of hydrogen-bond donors (Lipinski definition) is 1. The van der Waals surface area contributed by atoms with Crippen LogP contribution in [-0.2, 0) is 4.74 Å². The van der Waals surface area contributed by atoms with Crippen molar-refractivity contribution in [2.24, 2.45) is 0 Å². The van der Waals surface area contributed by atoms with Gasteiger partial charge in [-0.2, -0.15) is 0 Å². The lowest BCUT2D eigenvalue weighted by atomic mass is 10.2. The molecule has 21 heavy (non-hydrogen) atoms. The van der Waals surface area contributed by atoms with Crippen LogP contribution in [0.1, 0.15) is 5.82 Å². The van der Waals surface area contributed by atoms with Gasteiger partial charge in [-0.1, -0.05) is 11.6 Å². The maximum Gasteiger partial charge on any atom is 0.135 e. The summed E-state index contributed by atoms with van der Waals surface area (Å²) in [7, 11) is 0. The van der Waals surface area contributed by atoms with E-state index in [1.807, 2.05) is 19.1 Å². The molecule has 2 heterocycles. The topological polar surface area (TPSA) is 50.3 Å². The number of nitrogens with zero attached hydrogens (tertiary/aromatic N) is 3. The zero-order valence-corrected chi connectivity index (χ0v) is 12.6. The Morgan fingerprint density at radius 2 is 1.86 bits per heavy atom. The molecule has 2 aromatic rings. The van der Waals surface area contributed by atoms with Crippen molar-refractivity contribution in [2.45, 2.75) is 6.92 Å². The Morgan fingerprint density at radius 1 is 1.14 bits per heavy atom. The van der Waals surface area contributed by atoms with Crippen LogP contribution in [0, 0.1) is 6.92 Å². The van der Waals surface area contributed by atoms with E-state index in [0.717, 1.165) is 32.0 Å². The summed E-state index contributed by atoms with van der Waals surface area (Å²) in [5, 5.41) is 3.68. The van der Waals surface area contributed by atoms with E-state index in [0.29, 0.717) is 16.8 Å². The first kappa shape index (κ1) is 14.1. The monoisotopic (exact) mass is 304 g/mol. The normalized spacial score (nSPS) is 15.0. The van der Waals surface area contributed by atoms with E-state index < -0.39 is 0 Å². The number of ether oxygens (including phenoxy) is 1. The van der Waals surface area contributed by atoms with Crippen molar-refractivity contribution in [1.29, 1.82) is 0 Å². The molecule has 1 saturated heterocycles. The highest BCUT2D eigenvalue weighted by atomic mass is 35.5.